The minimum Gasteiger partial charge on any atom is -0.494 e. The van der Waals surface area contributed by atoms with Crippen molar-refractivity contribution in [2.75, 3.05) is 38.7 Å². The number of para-hydroxylation sites is 1. The minimum atomic E-state index is 0.0283. The molecule has 0 saturated carbocycles. The van der Waals surface area contributed by atoms with E-state index in [-0.39, 0.29) is 5.91 Å². The molecule has 7 heteroatoms. The molecule has 1 heterocycles. The highest BCUT2D eigenvalue weighted by molar-refractivity contribution is 7.22. The van der Waals surface area contributed by atoms with Crippen LogP contribution in [0.5, 0.6) is 5.75 Å². The summed E-state index contributed by atoms with van der Waals surface area (Å²) < 4.78 is 6.46. The van der Waals surface area contributed by atoms with E-state index in [4.69, 9.17) is 16.3 Å². The second-order valence-electron chi connectivity index (χ2n) is 6.84. The number of aromatic nitrogens is 1. The lowest BCUT2D eigenvalue weighted by Gasteiger charge is -2.20. The number of hydrogen-bond donors (Lipinski definition) is 1. The van der Waals surface area contributed by atoms with Crippen molar-refractivity contribution in [1.82, 2.24) is 4.98 Å². The van der Waals surface area contributed by atoms with Crippen molar-refractivity contribution in [3.05, 3.63) is 53.1 Å². The number of nitrogens with one attached hydrogen (secondary N) is 1. The number of halogens is 1. The van der Waals surface area contributed by atoms with Crippen LogP contribution < -0.4 is 14.5 Å². The molecule has 0 aliphatic rings. The monoisotopic (exact) mass is 418 g/mol. The van der Waals surface area contributed by atoms with Gasteiger partial charge in [0.15, 0.2) is 5.13 Å². The van der Waals surface area contributed by atoms with Crippen molar-refractivity contribution in [3.8, 4) is 5.75 Å². The third-order valence-corrected chi connectivity index (χ3v) is 5.66. The summed E-state index contributed by atoms with van der Waals surface area (Å²) in [5.74, 6) is 0.841. The van der Waals surface area contributed by atoms with Crippen LogP contribution in [0.2, 0.25) is 5.02 Å². The molecule has 0 aliphatic heterocycles. The Morgan fingerprint density at radius 2 is 1.96 bits per heavy atom. The number of thiazole rings is 1. The molecule has 1 amide bonds. The van der Waals surface area contributed by atoms with Crippen LogP contribution >= 0.6 is 22.9 Å². The Bertz CT molecular complexity index is 940. The molecule has 0 bridgehead atoms. The van der Waals surface area contributed by atoms with Crippen molar-refractivity contribution in [2.24, 2.45) is 0 Å². The van der Waals surface area contributed by atoms with Crippen molar-refractivity contribution < 1.29 is 14.4 Å². The van der Waals surface area contributed by atoms with Gasteiger partial charge in [0.2, 0.25) is 5.91 Å². The third kappa shape index (κ3) is 5.01. The van der Waals surface area contributed by atoms with Gasteiger partial charge in [0, 0.05) is 0 Å². The summed E-state index contributed by atoms with van der Waals surface area (Å²) in [4.78, 5) is 20.8. The summed E-state index contributed by atoms with van der Waals surface area (Å²) in [5.41, 5.74) is 1.70. The number of ether oxygens (including phenoxy) is 1. The van der Waals surface area contributed by atoms with Crippen molar-refractivity contribution in [3.63, 3.8) is 0 Å². The van der Waals surface area contributed by atoms with Crippen LogP contribution in [-0.4, -0.2) is 44.7 Å². The highest BCUT2D eigenvalue weighted by atomic mass is 35.5. The molecule has 2 aromatic carbocycles. The van der Waals surface area contributed by atoms with Gasteiger partial charge in [-0.3, -0.25) is 9.69 Å². The number of carbonyl (C=O) groups is 1. The highest BCUT2D eigenvalue weighted by Crippen LogP contribution is 2.33. The molecule has 28 heavy (non-hydrogen) atoms. The van der Waals surface area contributed by atoms with Crippen molar-refractivity contribution in [2.45, 2.75) is 13.3 Å². The zero-order valence-electron chi connectivity index (χ0n) is 16.4. The van der Waals surface area contributed by atoms with Gasteiger partial charge in [-0.25, -0.2) is 4.98 Å². The van der Waals surface area contributed by atoms with Gasteiger partial charge in [0.1, 0.15) is 11.3 Å². The fraction of sp³-hybridized carbons (Fsp3) is 0.333. The maximum Gasteiger partial charge on any atom is 0.233 e. The van der Waals surface area contributed by atoms with E-state index in [9.17, 15) is 4.79 Å². The lowest BCUT2D eigenvalue weighted by molar-refractivity contribution is -0.856. The molecule has 148 valence electrons. The fourth-order valence-electron chi connectivity index (χ4n) is 2.82. The first-order valence-electron chi connectivity index (χ1n) is 9.34. The number of nitrogens with zero attached hydrogens (tertiary/aromatic N) is 2. The predicted molar refractivity (Wildman–Crippen MR) is 116 cm³/mol. The molecule has 0 atom stereocenters. The van der Waals surface area contributed by atoms with E-state index in [1.165, 1.54) is 16.2 Å². The SMILES string of the molecule is CCOc1ccc(CC(=O)N(CC[NH+](C)C)c2nc3c(Cl)cccc3s2)cc1. The first-order valence-corrected chi connectivity index (χ1v) is 10.5. The van der Waals surface area contributed by atoms with Crippen LogP contribution in [0.3, 0.4) is 0 Å². The van der Waals surface area contributed by atoms with Crippen molar-refractivity contribution in [1.29, 1.82) is 0 Å². The number of fused-ring (bicyclic) bond motifs is 1. The second kappa shape index (κ2) is 9.37. The lowest BCUT2D eigenvalue weighted by Crippen LogP contribution is -3.06. The maximum absolute atomic E-state index is 13.1. The molecule has 0 fully saturated rings. The number of benzene rings is 2. The summed E-state index contributed by atoms with van der Waals surface area (Å²) in [5, 5.41) is 1.30. The number of carbonyl (C=O) groups excluding carboxylic acids is 1. The average Bonchev–Trinajstić information content (AvgIpc) is 3.09. The summed E-state index contributed by atoms with van der Waals surface area (Å²) in [7, 11) is 4.15. The predicted octanol–water partition coefficient (Wildman–Crippen LogP) is 3.07. The molecule has 1 N–H and O–H groups in total. The summed E-state index contributed by atoms with van der Waals surface area (Å²) in [6, 6.07) is 13.4. The van der Waals surface area contributed by atoms with Crippen LogP contribution in [-0.2, 0) is 11.2 Å². The van der Waals surface area contributed by atoms with E-state index >= 15 is 0 Å². The van der Waals surface area contributed by atoms with Crippen LogP contribution in [0.4, 0.5) is 5.13 Å². The standard InChI is InChI=1S/C21H24ClN3O2S/c1-4-27-16-10-8-15(9-11-16)14-19(26)25(13-12-24(2)3)21-23-20-17(22)6-5-7-18(20)28-21/h5-11H,4,12-14H2,1-3H3/p+1. The Morgan fingerprint density at radius 1 is 1.21 bits per heavy atom. The molecule has 0 aliphatic carbocycles. The number of amides is 1. The number of quaternary nitrogens is 1. The zero-order valence-corrected chi connectivity index (χ0v) is 17.9. The smallest absolute Gasteiger partial charge is 0.233 e. The first-order chi connectivity index (χ1) is 13.5. The van der Waals surface area contributed by atoms with Crippen LogP contribution in [0.25, 0.3) is 10.2 Å². The van der Waals surface area contributed by atoms with Gasteiger partial charge >= 0.3 is 0 Å². The van der Waals surface area contributed by atoms with Gasteiger partial charge in [-0.05, 0) is 36.8 Å². The van der Waals surface area contributed by atoms with Crippen LogP contribution in [0, 0.1) is 0 Å². The fourth-order valence-corrected chi connectivity index (χ4v) is 4.13. The highest BCUT2D eigenvalue weighted by Gasteiger charge is 2.21. The first kappa shape index (κ1) is 20.6. The Morgan fingerprint density at radius 3 is 2.61 bits per heavy atom. The minimum absolute atomic E-state index is 0.0283. The molecule has 3 aromatic rings. The molecule has 1 aromatic heterocycles. The van der Waals surface area contributed by atoms with E-state index in [0.29, 0.717) is 29.7 Å². The van der Waals surface area contributed by atoms with Gasteiger partial charge in [-0.2, -0.15) is 0 Å². The van der Waals surface area contributed by atoms with Crippen molar-refractivity contribution >= 4 is 44.2 Å². The second-order valence-corrected chi connectivity index (χ2v) is 8.26. The van der Waals surface area contributed by atoms with E-state index in [2.05, 4.69) is 19.1 Å². The molecular weight excluding hydrogens is 394 g/mol. The number of rotatable bonds is 8. The van der Waals surface area contributed by atoms with Crippen LogP contribution in [0.1, 0.15) is 12.5 Å². The van der Waals surface area contributed by atoms with Gasteiger partial charge in [-0.15, -0.1) is 0 Å². The van der Waals surface area contributed by atoms with Gasteiger partial charge in [-0.1, -0.05) is 41.1 Å². The molecule has 0 spiro atoms. The maximum atomic E-state index is 13.1. The largest absolute Gasteiger partial charge is 0.494 e. The molecular formula is C21H25ClN3O2S+. The van der Waals surface area contributed by atoms with Gasteiger partial charge in [0.05, 0.1) is 49.9 Å². The quantitative estimate of drug-likeness (QED) is 0.611. The Balaban J connectivity index is 1.83. The summed E-state index contributed by atoms with van der Waals surface area (Å²) in [6.45, 7) is 4.01. The normalized spacial score (nSPS) is 11.2. The molecule has 5 nitrogen and oxygen atoms in total. The molecule has 3 rings (SSSR count). The number of likely N-dealkylation sites (N-methyl/N-ethyl adjacent to an activating group) is 1. The molecule has 0 radical (unpaired) electrons. The lowest BCUT2D eigenvalue weighted by atomic mass is 10.1. The average molecular weight is 419 g/mol. The number of hydrogen-bond acceptors (Lipinski definition) is 4. The zero-order chi connectivity index (χ0) is 20.1. The molecule has 0 saturated heterocycles. The van der Waals surface area contributed by atoms with Gasteiger partial charge in [0.25, 0.3) is 0 Å². The van der Waals surface area contributed by atoms with E-state index < -0.39 is 0 Å². The number of anilines is 1. The Hall–Kier alpha value is -2.15. The van der Waals surface area contributed by atoms with E-state index in [1.807, 2.05) is 49.4 Å². The third-order valence-electron chi connectivity index (χ3n) is 4.32. The van der Waals surface area contributed by atoms with E-state index in [0.717, 1.165) is 28.1 Å². The van der Waals surface area contributed by atoms with Crippen LogP contribution in [0.15, 0.2) is 42.5 Å². The summed E-state index contributed by atoms with van der Waals surface area (Å²) >= 11 is 7.78. The topological polar surface area (TPSA) is 46.9 Å². The Labute approximate surface area is 174 Å². The summed E-state index contributed by atoms with van der Waals surface area (Å²) in [6.07, 6.45) is 0.318. The molecule has 0 unspecified atom stereocenters. The Kier molecular flexibility index (Phi) is 6.88. The van der Waals surface area contributed by atoms with Gasteiger partial charge < -0.3 is 9.64 Å². The van der Waals surface area contributed by atoms with E-state index in [1.54, 1.807) is 4.90 Å².